The van der Waals surface area contributed by atoms with Gasteiger partial charge in [-0.3, -0.25) is 4.90 Å². The van der Waals surface area contributed by atoms with E-state index in [1.54, 1.807) is 0 Å². The van der Waals surface area contributed by atoms with Gasteiger partial charge in [-0.15, -0.1) is 0 Å². The lowest BCUT2D eigenvalue weighted by Crippen LogP contribution is -2.31. The Morgan fingerprint density at radius 1 is 1.04 bits per heavy atom. The number of ether oxygens (including phenoxy) is 1. The number of hydrogen-bond acceptors (Lipinski definition) is 5. The molecular weight excluding hydrogens is 336 g/mol. The molecule has 0 aliphatic carbocycles. The molecule has 0 N–H and O–H groups in total. The summed E-state index contributed by atoms with van der Waals surface area (Å²) >= 11 is 6.13. The average Bonchev–Trinajstić information content (AvgIpc) is 2.84. The number of benzene rings is 1. The first-order valence-corrected chi connectivity index (χ1v) is 9.35. The third-order valence-corrected chi connectivity index (χ3v) is 5.05. The third-order valence-electron chi connectivity index (χ3n) is 4.82. The van der Waals surface area contributed by atoms with E-state index in [9.17, 15) is 0 Å². The molecule has 1 fully saturated rings. The van der Waals surface area contributed by atoms with Gasteiger partial charge >= 0.3 is 0 Å². The Kier molecular flexibility index (Phi) is 5.04. The van der Waals surface area contributed by atoms with E-state index >= 15 is 0 Å². The van der Waals surface area contributed by atoms with Gasteiger partial charge in [0.2, 0.25) is 5.95 Å². The summed E-state index contributed by atoms with van der Waals surface area (Å²) in [5.41, 5.74) is 2.27. The third kappa shape index (κ3) is 4.05. The minimum Gasteiger partial charge on any atom is -0.492 e. The Morgan fingerprint density at radius 2 is 1.84 bits per heavy atom. The molecule has 0 spiro atoms. The van der Waals surface area contributed by atoms with Crippen LogP contribution in [0.1, 0.15) is 30.4 Å². The van der Waals surface area contributed by atoms with Crippen molar-refractivity contribution in [1.29, 1.82) is 0 Å². The van der Waals surface area contributed by atoms with Crippen molar-refractivity contribution in [2.45, 2.75) is 32.4 Å². The largest absolute Gasteiger partial charge is 0.492 e. The molecule has 2 aliphatic rings. The second-order valence-corrected chi connectivity index (χ2v) is 7.19. The van der Waals surface area contributed by atoms with Crippen LogP contribution in [0.4, 0.5) is 5.95 Å². The van der Waals surface area contributed by atoms with E-state index in [2.05, 4.69) is 19.8 Å². The van der Waals surface area contributed by atoms with Gasteiger partial charge in [0.05, 0.1) is 0 Å². The topological polar surface area (TPSA) is 41.5 Å². The van der Waals surface area contributed by atoms with E-state index < -0.39 is 0 Å². The number of anilines is 1. The maximum Gasteiger partial charge on any atom is 0.225 e. The molecule has 0 atom stereocenters. The fraction of sp³-hybridized carbons (Fsp3) is 0.474. The number of aromatic nitrogens is 2. The van der Waals surface area contributed by atoms with Gasteiger partial charge in [-0.05, 0) is 37.5 Å². The highest BCUT2D eigenvalue weighted by Crippen LogP contribution is 2.27. The molecule has 0 bridgehead atoms. The highest BCUT2D eigenvalue weighted by Gasteiger charge is 2.17. The van der Waals surface area contributed by atoms with Gasteiger partial charge in [0.25, 0.3) is 0 Å². The van der Waals surface area contributed by atoms with Crippen LogP contribution in [0, 0.1) is 0 Å². The maximum absolute atomic E-state index is 6.13. The van der Waals surface area contributed by atoms with Crippen LogP contribution in [-0.2, 0) is 13.1 Å². The van der Waals surface area contributed by atoms with Crippen molar-refractivity contribution in [2.75, 3.05) is 31.1 Å². The van der Waals surface area contributed by atoms with Crippen LogP contribution in [0.3, 0.4) is 0 Å². The van der Waals surface area contributed by atoms with Gasteiger partial charge in [0.15, 0.2) is 0 Å². The van der Waals surface area contributed by atoms with E-state index in [0.29, 0.717) is 6.61 Å². The van der Waals surface area contributed by atoms with Crippen LogP contribution >= 0.6 is 11.6 Å². The molecule has 0 radical (unpaired) electrons. The fourth-order valence-electron chi connectivity index (χ4n) is 3.50. The molecule has 0 unspecified atom stereocenters. The highest BCUT2D eigenvalue weighted by atomic mass is 35.5. The Bertz CT molecular complexity index is 716. The minimum atomic E-state index is 0.682. The first-order chi connectivity index (χ1) is 12.3. The summed E-state index contributed by atoms with van der Waals surface area (Å²) in [6.45, 7) is 5.33. The van der Waals surface area contributed by atoms with Crippen molar-refractivity contribution in [3.8, 4) is 5.75 Å². The first kappa shape index (κ1) is 16.6. The summed E-state index contributed by atoms with van der Waals surface area (Å²) in [5, 5.41) is 0.749. The lowest BCUT2D eigenvalue weighted by atomic mass is 10.1. The van der Waals surface area contributed by atoms with Crippen molar-refractivity contribution in [3.63, 3.8) is 0 Å². The van der Waals surface area contributed by atoms with E-state index in [1.807, 2.05) is 30.6 Å². The molecule has 3 heterocycles. The first-order valence-electron chi connectivity index (χ1n) is 8.97. The quantitative estimate of drug-likeness (QED) is 0.839. The fourth-order valence-corrected chi connectivity index (χ4v) is 3.69. The summed E-state index contributed by atoms with van der Waals surface area (Å²) in [5.74, 6) is 1.79. The number of rotatable bonds is 3. The van der Waals surface area contributed by atoms with Gasteiger partial charge in [0.1, 0.15) is 12.4 Å². The molecule has 2 aromatic rings. The Morgan fingerprint density at radius 3 is 2.64 bits per heavy atom. The molecule has 1 aromatic carbocycles. The second kappa shape index (κ2) is 7.58. The van der Waals surface area contributed by atoms with Gasteiger partial charge in [0, 0.05) is 61.3 Å². The summed E-state index contributed by atoms with van der Waals surface area (Å²) in [4.78, 5) is 13.8. The van der Waals surface area contributed by atoms with Crippen LogP contribution in [0.25, 0.3) is 0 Å². The number of fused-ring (bicyclic) bond motifs is 1. The van der Waals surface area contributed by atoms with Gasteiger partial charge in [-0.1, -0.05) is 11.6 Å². The van der Waals surface area contributed by atoms with Crippen molar-refractivity contribution < 1.29 is 4.74 Å². The SMILES string of the molecule is Clc1ccc2c(c1)CN(Cc1cnc(N3CCCCC3)nc1)CCO2. The molecule has 0 amide bonds. The Balaban J connectivity index is 1.43. The van der Waals surface area contributed by atoms with Crippen LogP contribution < -0.4 is 9.64 Å². The summed E-state index contributed by atoms with van der Waals surface area (Å²) in [7, 11) is 0. The molecule has 4 rings (SSSR count). The lowest BCUT2D eigenvalue weighted by molar-refractivity contribution is 0.219. The maximum atomic E-state index is 6.13. The van der Waals surface area contributed by atoms with Crippen LogP contribution in [0.15, 0.2) is 30.6 Å². The molecular formula is C19H23ClN4O. The zero-order chi connectivity index (χ0) is 17.1. The Labute approximate surface area is 153 Å². The zero-order valence-corrected chi connectivity index (χ0v) is 15.1. The van der Waals surface area contributed by atoms with E-state index in [0.717, 1.165) is 60.6 Å². The Hall–Kier alpha value is -1.85. The standard InChI is InChI=1S/C19H23ClN4O/c20-17-4-5-18-16(10-17)14-23(8-9-25-18)13-15-11-21-19(22-12-15)24-6-2-1-3-7-24/h4-5,10-12H,1-3,6-9,13-14H2. The van der Waals surface area contributed by atoms with Crippen molar-refractivity contribution >= 4 is 17.5 Å². The van der Waals surface area contributed by atoms with Crippen LogP contribution in [0.5, 0.6) is 5.75 Å². The van der Waals surface area contributed by atoms with E-state index in [1.165, 1.54) is 19.3 Å². The molecule has 2 aliphatic heterocycles. The molecule has 132 valence electrons. The predicted molar refractivity (Wildman–Crippen MR) is 99.2 cm³/mol. The molecule has 6 heteroatoms. The second-order valence-electron chi connectivity index (χ2n) is 6.75. The monoisotopic (exact) mass is 358 g/mol. The summed E-state index contributed by atoms with van der Waals surface area (Å²) in [6.07, 6.45) is 7.71. The van der Waals surface area contributed by atoms with Gasteiger partial charge < -0.3 is 9.64 Å². The zero-order valence-electron chi connectivity index (χ0n) is 14.3. The number of hydrogen-bond donors (Lipinski definition) is 0. The molecule has 5 nitrogen and oxygen atoms in total. The summed E-state index contributed by atoms with van der Waals surface area (Å²) in [6, 6.07) is 5.83. The molecule has 1 aromatic heterocycles. The van der Waals surface area contributed by atoms with Crippen molar-refractivity contribution in [3.05, 3.63) is 46.7 Å². The van der Waals surface area contributed by atoms with Crippen molar-refractivity contribution in [1.82, 2.24) is 14.9 Å². The average molecular weight is 359 g/mol. The van der Waals surface area contributed by atoms with E-state index in [4.69, 9.17) is 16.3 Å². The lowest BCUT2D eigenvalue weighted by Gasteiger charge is -2.26. The molecule has 25 heavy (non-hydrogen) atoms. The number of halogens is 1. The summed E-state index contributed by atoms with van der Waals surface area (Å²) < 4.78 is 5.83. The number of nitrogens with zero attached hydrogens (tertiary/aromatic N) is 4. The van der Waals surface area contributed by atoms with Gasteiger partial charge in [-0.2, -0.15) is 0 Å². The molecule has 1 saturated heterocycles. The smallest absolute Gasteiger partial charge is 0.225 e. The van der Waals surface area contributed by atoms with Crippen molar-refractivity contribution in [2.24, 2.45) is 0 Å². The normalized spacial score (nSPS) is 18.4. The van der Waals surface area contributed by atoms with Crippen LogP contribution in [0.2, 0.25) is 5.02 Å². The minimum absolute atomic E-state index is 0.682. The molecule has 0 saturated carbocycles. The predicted octanol–water partition coefficient (Wildman–Crippen LogP) is 3.51. The number of piperidine rings is 1. The highest BCUT2D eigenvalue weighted by molar-refractivity contribution is 6.30. The van der Waals surface area contributed by atoms with E-state index in [-0.39, 0.29) is 0 Å². The van der Waals surface area contributed by atoms with Gasteiger partial charge in [-0.25, -0.2) is 9.97 Å². The van der Waals surface area contributed by atoms with Crippen LogP contribution in [-0.4, -0.2) is 41.1 Å².